The molecule has 0 bridgehead atoms. The van der Waals surface area contributed by atoms with Crippen molar-refractivity contribution in [1.82, 2.24) is 4.57 Å². The Morgan fingerprint density at radius 3 is 1.56 bits per heavy atom. The van der Waals surface area contributed by atoms with Gasteiger partial charge in [-0.25, -0.2) is 0 Å². The molecule has 0 aliphatic carbocycles. The second kappa shape index (κ2) is 10.1. The van der Waals surface area contributed by atoms with Crippen molar-refractivity contribution in [3.63, 3.8) is 0 Å². The molecule has 5 aromatic carbocycles. The molecule has 6 heteroatoms. The van der Waals surface area contributed by atoms with Gasteiger partial charge in [0, 0.05) is 0 Å². The van der Waals surface area contributed by atoms with E-state index in [0.717, 1.165) is 22.7 Å². The van der Waals surface area contributed by atoms with Gasteiger partial charge < -0.3 is 0 Å². The fourth-order valence-electron chi connectivity index (χ4n) is 8.10. The monoisotopic (exact) mass is 609 g/mol. The van der Waals surface area contributed by atoms with Crippen molar-refractivity contribution in [3.8, 4) is 0 Å². The van der Waals surface area contributed by atoms with Gasteiger partial charge in [-0.15, -0.1) is 0 Å². The van der Waals surface area contributed by atoms with Crippen molar-refractivity contribution in [1.29, 1.82) is 0 Å². The van der Waals surface area contributed by atoms with E-state index in [1.807, 2.05) is 0 Å². The van der Waals surface area contributed by atoms with Gasteiger partial charge >= 0.3 is 269 Å². The second-order valence-electron chi connectivity index (χ2n) is 14.1. The van der Waals surface area contributed by atoms with Crippen LogP contribution in [0.5, 0.6) is 0 Å². The van der Waals surface area contributed by atoms with Crippen LogP contribution in [-0.4, -0.2) is 33.7 Å². The number of fused-ring (bicyclic) bond motifs is 2. The number of anilines is 4. The summed E-state index contributed by atoms with van der Waals surface area (Å²) in [6, 6.07) is 52.8. The summed E-state index contributed by atoms with van der Waals surface area (Å²) in [7, 11) is -4.40. The quantitative estimate of drug-likeness (QED) is 0.203. The van der Waals surface area contributed by atoms with Gasteiger partial charge in [-0.3, -0.25) is 0 Å². The molecule has 0 amide bonds. The molecular weight excluding hydrogens is 567 g/mol. The predicted molar refractivity (Wildman–Crippen MR) is 192 cm³/mol. The fourth-order valence-corrected chi connectivity index (χ4v) is 17.0. The molecule has 0 saturated carbocycles. The Morgan fingerprint density at radius 2 is 1.04 bits per heavy atom. The molecule has 0 atom stereocenters. The van der Waals surface area contributed by atoms with Gasteiger partial charge in [0.2, 0.25) is 0 Å². The topological polar surface area (TPSA) is 24.8 Å². The maximum absolute atomic E-state index is 4.40. The normalized spacial score (nSPS) is 17.6. The molecule has 0 fully saturated rings. The molecule has 5 nitrogen and oxygen atoms in total. The van der Waals surface area contributed by atoms with Gasteiger partial charge in [0.05, 0.1) is 0 Å². The predicted octanol–water partition coefficient (Wildman–Crippen LogP) is 8.34. The Labute approximate surface area is 268 Å². The Morgan fingerprint density at radius 1 is 0.578 bits per heavy atom. The average Bonchev–Trinajstić information content (AvgIpc) is 3.34. The number of para-hydroxylation sites is 4. The van der Waals surface area contributed by atoms with E-state index in [-0.39, 0.29) is 11.1 Å². The third-order valence-corrected chi connectivity index (χ3v) is 16.5. The molecule has 45 heavy (non-hydrogen) atoms. The number of benzene rings is 5. The SMILES string of the molecule is CC(C)(C)N1C(c2ccccc2)=[N+](C(C)(C)C)[Si-]12(N(c1ccccc1)c1ccccc1)c1ccccc1NN2c1ccccc1. The van der Waals surface area contributed by atoms with Gasteiger partial charge in [-0.05, 0) is 0 Å². The van der Waals surface area contributed by atoms with Crippen molar-refractivity contribution in [2.45, 2.75) is 52.6 Å². The minimum absolute atomic E-state index is 0.297. The molecule has 2 aliphatic rings. The summed E-state index contributed by atoms with van der Waals surface area (Å²) in [6.45, 7) is 14.2. The van der Waals surface area contributed by atoms with E-state index in [9.17, 15) is 0 Å². The van der Waals surface area contributed by atoms with Crippen LogP contribution >= 0.6 is 0 Å². The molecule has 0 radical (unpaired) electrons. The van der Waals surface area contributed by atoms with Crippen LogP contribution in [0.3, 0.4) is 0 Å². The van der Waals surface area contributed by atoms with E-state index in [2.05, 4.69) is 211 Å². The molecule has 0 aromatic heterocycles. The zero-order valence-corrected chi connectivity index (χ0v) is 28.1. The van der Waals surface area contributed by atoms with Gasteiger partial charge in [0.1, 0.15) is 0 Å². The van der Waals surface area contributed by atoms with Crippen molar-refractivity contribution >= 4 is 41.8 Å². The van der Waals surface area contributed by atoms with Gasteiger partial charge in [0.25, 0.3) is 0 Å². The number of hydrogen-bond donors (Lipinski definition) is 1. The Hall–Kier alpha value is -4.81. The number of hydrazine groups is 1. The first kappa shape index (κ1) is 28.9. The summed E-state index contributed by atoms with van der Waals surface area (Å²) in [4.78, 5) is 0. The zero-order valence-electron chi connectivity index (χ0n) is 27.1. The van der Waals surface area contributed by atoms with Crippen LogP contribution in [0.15, 0.2) is 146 Å². The van der Waals surface area contributed by atoms with E-state index in [0.29, 0.717) is 0 Å². The van der Waals surface area contributed by atoms with Crippen LogP contribution in [0.4, 0.5) is 22.7 Å². The molecule has 1 spiro atoms. The summed E-state index contributed by atoms with van der Waals surface area (Å²) < 4.78 is 10.9. The van der Waals surface area contributed by atoms with Gasteiger partial charge in [-0.2, -0.15) is 0 Å². The van der Waals surface area contributed by atoms with E-state index in [1.165, 1.54) is 16.6 Å². The number of hydrogen-bond acceptors (Lipinski definition) is 4. The van der Waals surface area contributed by atoms with E-state index >= 15 is 0 Å². The summed E-state index contributed by atoms with van der Waals surface area (Å²) in [6.07, 6.45) is 0. The van der Waals surface area contributed by atoms with Crippen LogP contribution in [0.2, 0.25) is 0 Å². The Kier molecular flexibility index (Phi) is 6.50. The zero-order chi connectivity index (χ0) is 31.5. The number of nitrogens with one attached hydrogen (secondary N) is 1. The number of nitrogens with zero attached hydrogens (tertiary/aromatic N) is 4. The molecule has 7 rings (SSSR count). The summed E-state index contributed by atoms with van der Waals surface area (Å²) >= 11 is 0. The number of amidine groups is 1. The third-order valence-electron chi connectivity index (χ3n) is 9.13. The summed E-state index contributed by atoms with van der Waals surface area (Å²) in [5, 5.41) is 1.30. The Bertz CT molecular complexity index is 1820. The minimum atomic E-state index is -4.40. The van der Waals surface area contributed by atoms with Crippen molar-refractivity contribution in [2.24, 2.45) is 0 Å². The van der Waals surface area contributed by atoms with Crippen LogP contribution in [0, 0.1) is 0 Å². The van der Waals surface area contributed by atoms with Crippen LogP contribution in [0.25, 0.3) is 0 Å². The first-order valence-electron chi connectivity index (χ1n) is 15.9. The number of rotatable bonds is 5. The maximum atomic E-state index is 4.04. The molecule has 0 saturated heterocycles. The Balaban J connectivity index is 1.80. The van der Waals surface area contributed by atoms with E-state index in [1.54, 1.807) is 0 Å². The second-order valence-corrected chi connectivity index (χ2v) is 18.5. The molecular formula is C39H43N5Si. The third kappa shape index (κ3) is 3.88. The average molecular weight is 610 g/mol. The van der Waals surface area contributed by atoms with Crippen LogP contribution in [-0.2, 0) is 0 Å². The molecule has 2 aliphatic heterocycles. The van der Waals surface area contributed by atoms with Crippen molar-refractivity contribution in [3.05, 3.63) is 151 Å². The molecule has 5 aromatic rings. The summed E-state index contributed by atoms with van der Waals surface area (Å²) in [5.41, 5.74) is 9.20. The molecule has 0 unspecified atom stereocenters. The van der Waals surface area contributed by atoms with Crippen molar-refractivity contribution < 1.29 is 4.24 Å². The van der Waals surface area contributed by atoms with Gasteiger partial charge in [0.15, 0.2) is 0 Å². The molecule has 228 valence electrons. The molecule has 1 N–H and O–H groups in total. The van der Waals surface area contributed by atoms with Crippen LogP contribution in [0.1, 0.15) is 47.1 Å². The standard InChI is InChI=1S/C39H43N5Si/c1-38(2,3)42-37(31-21-11-7-12-22-31)43(39(4,5)6)45(42,41(32-23-13-8-14-24-32)33-25-15-9-16-26-33)36-30-20-19-29-35(36)40-44(45)34-27-17-10-18-28-34/h7-30,40H,1-6H3. The van der Waals surface area contributed by atoms with Crippen LogP contribution < -0.4 is 19.9 Å². The van der Waals surface area contributed by atoms with Gasteiger partial charge in [-0.1, -0.05) is 0 Å². The van der Waals surface area contributed by atoms with E-state index in [4.69, 9.17) is 0 Å². The molecule has 2 heterocycles. The summed E-state index contributed by atoms with van der Waals surface area (Å²) in [5.74, 6) is 1.24. The first-order valence-corrected chi connectivity index (χ1v) is 18.2. The first-order chi connectivity index (χ1) is 21.6. The van der Waals surface area contributed by atoms with E-state index < -0.39 is 8.00 Å². The fraction of sp³-hybridized carbons (Fsp3) is 0.205. The van der Waals surface area contributed by atoms with Crippen molar-refractivity contribution in [2.75, 3.05) is 14.7 Å².